The van der Waals surface area contributed by atoms with Gasteiger partial charge in [-0.2, -0.15) is 0 Å². The summed E-state index contributed by atoms with van der Waals surface area (Å²) in [6, 6.07) is 0. The molecule has 0 spiro atoms. The van der Waals surface area contributed by atoms with Gasteiger partial charge in [0.05, 0.1) is 13.2 Å². The van der Waals surface area contributed by atoms with Gasteiger partial charge in [-0.25, -0.2) is 0 Å². The van der Waals surface area contributed by atoms with Gasteiger partial charge in [-0.05, 0) is 50.7 Å². The summed E-state index contributed by atoms with van der Waals surface area (Å²) in [5.74, 6) is 0.0580. The maximum Gasteiger partial charge on any atom is 0.305 e. The zero-order chi connectivity index (χ0) is 17.1. The first-order valence-corrected chi connectivity index (χ1v) is 8.23. The number of allylic oxidation sites excluding steroid dienone is 2. The van der Waals surface area contributed by atoms with Crippen LogP contribution in [0.3, 0.4) is 0 Å². The van der Waals surface area contributed by atoms with Gasteiger partial charge >= 0.3 is 5.97 Å². The number of ketones is 1. The molecule has 0 aromatic heterocycles. The molecule has 0 aromatic rings. The summed E-state index contributed by atoms with van der Waals surface area (Å²) in [4.78, 5) is 21.7. The molecule has 0 radical (unpaired) electrons. The van der Waals surface area contributed by atoms with Crippen molar-refractivity contribution in [3.05, 3.63) is 24.3 Å². The molecule has 1 aliphatic heterocycles. The summed E-state index contributed by atoms with van der Waals surface area (Å²) in [5, 5.41) is 0. The van der Waals surface area contributed by atoms with Crippen LogP contribution in [0.1, 0.15) is 51.9 Å². The van der Waals surface area contributed by atoms with Crippen LogP contribution >= 0.6 is 0 Å². The topological polar surface area (TPSA) is 61.8 Å². The number of esters is 1. The Morgan fingerprint density at radius 2 is 2.26 bits per heavy atom. The lowest BCUT2D eigenvalue weighted by Crippen LogP contribution is -2.26. The van der Waals surface area contributed by atoms with Gasteiger partial charge in [0.15, 0.2) is 12.1 Å². The van der Waals surface area contributed by atoms with E-state index in [1.165, 1.54) is 7.11 Å². The van der Waals surface area contributed by atoms with E-state index in [1.54, 1.807) is 6.08 Å². The van der Waals surface area contributed by atoms with Crippen LogP contribution in [0.15, 0.2) is 24.3 Å². The molecule has 2 atom stereocenters. The largest absolute Gasteiger partial charge is 0.469 e. The average molecular weight is 324 g/mol. The van der Waals surface area contributed by atoms with Crippen LogP contribution in [0, 0.1) is 0 Å². The van der Waals surface area contributed by atoms with Gasteiger partial charge < -0.3 is 14.2 Å². The molecule has 5 nitrogen and oxygen atoms in total. The number of hydrogen-bond donors (Lipinski definition) is 0. The highest BCUT2D eigenvalue weighted by molar-refractivity contribution is 5.97. The minimum absolute atomic E-state index is 0.0504. The molecule has 2 aliphatic rings. The second kappa shape index (κ2) is 11.1. The Morgan fingerprint density at radius 3 is 2.78 bits per heavy atom. The third-order valence-electron chi connectivity index (χ3n) is 3.74. The third kappa shape index (κ3) is 8.09. The second-order valence-electron chi connectivity index (χ2n) is 5.70. The first-order chi connectivity index (χ1) is 11.1. The second-order valence-corrected chi connectivity index (χ2v) is 5.70. The van der Waals surface area contributed by atoms with E-state index in [9.17, 15) is 9.59 Å². The molecule has 0 amide bonds. The Kier molecular flexibility index (Phi) is 9.48. The zero-order valence-electron chi connectivity index (χ0n) is 14.2. The number of carbonyl (C=O) groups is 2. The molecule has 0 N–H and O–H groups in total. The smallest absolute Gasteiger partial charge is 0.305 e. The average Bonchev–Trinajstić information content (AvgIpc) is 2.87. The molecule has 0 bridgehead atoms. The van der Waals surface area contributed by atoms with Gasteiger partial charge in [-0.3, -0.25) is 9.59 Å². The van der Waals surface area contributed by atoms with Gasteiger partial charge in [0.25, 0.3) is 0 Å². The van der Waals surface area contributed by atoms with Crippen LogP contribution in [-0.2, 0) is 23.8 Å². The van der Waals surface area contributed by atoms with Crippen molar-refractivity contribution < 1.29 is 23.8 Å². The number of rotatable bonds is 6. The number of ether oxygens (including phenoxy) is 3. The maximum absolute atomic E-state index is 11.2. The van der Waals surface area contributed by atoms with Crippen LogP contribution in [-0.4, -0.2) is 37.9 Å². The lowest BCUT2D eigenvalue weighted by molar-refractivity contribution is -0.178. The summed E-state index contributed by atoms with van der Waals surface area (Å²) in [6.07, 6.45) is 9.52. The number of unbranched alkanes of at least 4 members (excludes halogenated alkanes) is 1. The fourth-order valence-corrected chi connectivity index (χ4v) is 2.37. The predicted octanol–water partition coefficient (Wildman–Crippen LogP) is 3.33. The van der Waals surface area contributed by atoms with Crippen molar-refractivity contribution in [2.24, 2.45) is 0 Å². The molecule has 1 heterocycles. The number of Topliss-reactive ketones (excluding diaryl/α,β-unsaturated/α-hetero) is 1. The van der Waals surface area contributed by atoms with E-state index >= 15 is 0 Å². The van der Waals surface area contributed by atoms with Gasteiger partial charge in [-0.15, -0.1) is 6.58 Å². The Labute approximate surface area is 138 Å². The van der Waals surface area contributed by atoms with Gasteiger partial charge in [-0.1, -0.05) is 6.08 Å². The summed E-state index contributed by atoms with van der Waals surface area (Å²) < 4.78 is 15.5. The summed E-state index contributed by atoms with van der Waals surface area (Å²) in [7, 11) is 1.40. The minimum atomic E-state index is -0.142. The van der Waals surface area contributed by atoms with Gasteiger partial charge in [0, 0.05) is 19.4 Å². The molecular formula is C18H28O5. The van der Waals surface area contributed by atoms with E-state index in [-0.39, 0.29) is 24.1 Å². The highest BCUT2D eigenvalue weighted by Crippen LogP contribution is 2.22. The molecule has 1 aliphatic carbocycles. The molecule has 23 heavy (non-hydrogen) atoms. The van der Waals surface area contributed by atoms with Crippen LogP contribution in [0.5, 0.6) is 0 Å². The fourth-order valence-electron chi connectivity index (χ4n) is 2.37. The number of carbonyl (C=O) groups excluding carboxylic acids is 2. The Balaban J connectivity index is 0.000000257. The summed E-state index contributed by atoms with van der Waals surface area (Å²) in [5.41, 5.74) is 0.825. The monoisotopic (exact) mass is 324 g/mol. The first kappa shape index (κ1) is 19.6. The number of hydrogen-bond acceptors (Lipinski definition) is 5. The van der Waals surface area contributed by atoms with Crippen LogP contribution in [0.2, 0.25) is 0 Å². The van der Waals surface area contributed by atoms with E-state index in [0.29, 0.717) is 12.8 Å². The number of methoxy groups -OCH3 is 1. The van der Waals surface area contributed by atoms with Crippen molar-refractivity contribution in [2.75, 3.05) is 13.7 Å². The van der Waals surface area contributed by atoms with Gasteiger partial charge in [0.2, 0.25) is 0 Å². The lowest BCUT2D eigenvalue weighted by Gasteiger charge is -2.24. The minimum Gasteiger partial charge on any atom is -0.469 e. The molecule has 0 saturated carbocycles. The molecule has 2 rings (SSSR count). The molecule has 1 unspecified atom stereocenters. The summed E-state index contributed by atoms with van der Waals surface area (Å²) >= 11 is 0. The predicted molar refractivity (Wildman–Crippen MR) is 87.9 cm³/mol. The van der Waals surface area contributed by atoms with Crippen molar-refractivity contribution in [1.82, 2.24) is 0 Å². The third-order valence-corrected chi connectivity index (χ3v) is 3.74. The van der Waals surface area contributed by atoms with Gasteiger partial charge in [0.1, 0.15) is 0 Å². The molecule has 0 aromatic carbocycles. The zero-order valence-corrected chi connectivity index (χ0v) is 14.2. The molecule has 1 saturated heterocycles. The Morgan fingerprint density at radius 1 is 1.48 bits per heavy atom. The Bertz CT molecular complexity index is 421. The van der Waals surface area contributed by atoms with E-state index < -0.39 is 0 Å². The van der Waals surface area contributed by atoms with E-state index in [0.717, 1.165) is 44.3 Å². The van der Waals surface area contributed by atoms with Crippen molar-refractivity contribution >= 4 is 11.8 Å². The van der Waals surface area contributed by atoms with Crippen molar-refractivity contribution in [3.8, 4) is 0 Å². The standard InChI is InChI=1S/C11H16O3.C7H12O2/c1-8-6-9(7-10(8)12)14-11-4-2-3-5-13-11;1-3-4-5-6-7(8)9-2/h6,9,11H,2-5,7H2,1H3;3H,1,4-6H2,2H3/t9-,11?;/m0./s1. The first-order valence-electron chi connectivity index (χ1n) is 8.23. The van der Waals surface area contributed by atoms with Crippen LogP contribution in [0.25, 0.3) is 0 Å². The van der Waals surface area contributed by atoms with Crippen molar-refractivity contribution in [1.29, 1.82) is 0 Å². The van der Waals surface area contributed by atoms with Crippen molar-refractivity contribution in [2.45, 2.75) is 64.3 Å². The highest BCUT2D eigenvalue weighted by atomic mass is 16.7. The van der Waals surface area contributed by atoms with Crippen LogP contribution < -0.4 is 0 Å². The highest BCUT2D eigenvalue weighted by Gasteiger charge is 2.25. The maximum atomic E-state index is 11.2. The lowest BCUT2D eigenvalue weighted by atomic mass is 10.2. The quantitative estimate of drug-likeness (QED) is 0.426. The SMILES string of the molecule is C=CCCCC(=O)OC.CC1=C[C@H](OC2CCCCO2)CC1=O. The molecule has 130 valence electrons. The van der Waals surface area contributed by atoms with E-state index in [1.807, 2.05) is 13.0 Å². The van der Waals surface area contributed by atoms with Crippen molar-refractivity contribution in [3.63, 3.8) is 0 Å². The molecule has 1 fully saturated rings. The molecule has 5 heteroatoms. The van der Waals surface area contributed by atoms with E-state index in [2.05, 4.69) is 11.3 Å². The molecular weight excluding hydrogens is 296 g/mol. The van der Waals surface area contributed by atoms with E-state index in [4.69, 9.17) is 9.47 Å². The normalized spacial score (nSPS) is 23.6. The summed E-state index contributed by atoms with van der Waals surface area (Å²) in [6.45, 7) is 6.16. The van der Waals surface area contributed by atoms with Crippen LogP contribution in [0.4, 0.5) is 0 Å². The fraction of sp³-hybridized carbons (Fsp3) is 0.667. The Hall–Kier alpha value is -1.46.